The molecule has 0 bridgehead atoms. The Hall–Kier alpha value is -2.89. The molecule has 2 aromatic heterocycles. The number of amides is 1. The standard InChI is InChI=1S/C25H24Cl2N4O/c1-16(2)13-18(17-7-9-19(26)10-8-17)14-30-24(32)20-15-31(25-28-11-4-12-29-25)22-6-3-5-21(27)23(20)22/h3-12,15-16,18H,13-14H2,1-2H3,(H,30,32). The van der Waals surface area contributed by atoms with Gasteiger partial charge in [0.1, 0.15) is 0 Å². The topological polar surface area (TPSA) is 59.8 Å². The Labute approximate surface area is 197 Å². The van der Waals surface area contributed by atoms with Crippen LogP contribution in [0.15, 0.2) is 67.1 Å². The molecule has 0 aliphatic heterocycles. The Balaban J connectivity index is 1.64. The summed E-state index contributed by atoms with van der Waals surface area (Å²) in [7, 11) is 0. The minimum Gasteiger partial charge on any atom is -0.351 e. The van der Waals surface area contributed by atoms with E-state index in [0.717, 1.165) is 17.5 Å². The monoisotopic (exact) mass is 466 g/mol. The Morgan fingerprint density at radius 1 is 1.03 bits per heavy atom. The summed E-state index contributed by atoms with van der Waals surface area (Å²) in [6.45, 7) is 4.87. The minimum atomic E-state index is -0.180. The zero-order valence-electron chi connectivity index (χ0n) is 17.9. The average Bonchev–Trinajstić information content (AvgIpc) is 3.18. The van der Waals surface area contributed by atoms with Gasteiger partial charge in [-0.25, -0.2) is 9.97 Å². The lowest BCUT2D eigenvalue weighted by atomic mass is 9.90. The maximum Gasteiger partial charge on any atom is 0.253 e. The van der Waals surface area contributed by atoms with Crippen LogP contribution in [0.5, 0.6) is 0 Å². The molecule has 7 heteroatoms. The summed E-state index contributed by atoms with van der Waals surface area (Å²) in [5.74, 6) is 0.967. The van der Waals surface area contributed by atoms with Crippen LogP contribution in [0, 0.1) is 5.92 Å². The average molecular weight is 467 g/mol. The normalized spacial score (nSPS) is 12.3. The van der Waals surface area contributed by atoms with Gasteiger partial charge in [-0.2, -0.15) is 0 Å². The molecule has 4 aromatic rings. The fourth-order valence-corrected chi connectivity index (χ4v) is 4.35. The highest BCUT2D eigenvalue weighted by atomic mass is 35.5. The first kappa shape index (κ1) is 22.3. The fraction of sp³-hybridized carbons (Fsp3) is 0.240. The van der Waals surface area contributed by atoms with E-state index >= 15 is 0 Å². The molecule has 0 aliphatic carbocycles. The number of benzene rings is 2. The SMILES string of the molecule is CC(C)CC(CNC(=O)c1cn(-c2ncccn2)c2cccc(Cl)c12)c1ccc(Cl)cc1. The second kappa shape index (κ2) is 9.72. The van der Waals surface area contributed by atoms with E-state index in [4.69, 9.17) is 23.2 Å². The first-order valence-corrected chi connectivity index (χ1v) is 11.3. The second-order valence-corrected chi connectivity index (χ2v) is 9.03. The van der Waals surface area contributed by atoms with E-state index in [1.807, 2.05) is 36.4 Å². The van der Waals surface area contributed by atoms with Crippen LogP contribution in [-0.2, 0) is 0 Å². The molecule has 1 unspecified atom stereocenters. The van der Waals surface area contributed by atoms with Crippen molar-refractivity contribution in [2.75, 3.05) is 6.54 Å². The van der Waals surface area contributed by atoms with Crippen molar-refractivity contribution in [3.8, 4) is 5.95 Å². The zero-order valence-corrected chi connectivity index (χ0v) is 19.4. The lowest BCUT2D eigenvalue weighted by Crippen LogP contribution is -2.29. The van der Waals surface area contributed by atoms with Gasteiger partial charge in [0.2, 0.25) is 5.95 Å². The number of hydrogen-bond donors (Lipinski definition) is 1. The maximum atomic E-state index is 13.3. The van der Waals surface area contributed by atoms with Gasteiger partial charge >= 0.3 is 0 Å². The summed E-state index contributed by atoms with van der Waals surface area (Å²) >= 11 is 12.6. The molecule has 32 heavy (non-hydrogen) atoms. The molecule has 2 heterocycles. The van der Waals surface area contributed by atoms with E-state index in [0.29, 0.717) is 39.4 Å². The summed E-state index contributed by atoms with van der Waals surface area (Å²) < 4.78 is 1.79. The van der Waals surface area contributed by atoms with Gasteiger partial charge in [0, 0.05) is 41.5 Å². The number of carbonyl (C=O) groups is 1. The first-order chi connectivity index (χ1) is 15.4. The van der Waals surface area contributed by atoms with Crippen LogP contribution >= 0.6 is 23.2 Å². The molecule has 0 aliphatic rings. The quantitative estimate of drug-likeness (QED) is 0.348. The Morgan fingerprint density at radius 2 is 1.75 bits per heavy atom. The maximum absolute atomic E-state index is 13.3. The molecule has 5 nitrogen and oxygen atoms in total. The van der Waals surface area contributed by atoms with Crippen molar-refractivity contribution >= 4 is 40.0 Å². The summed E-state index contributed by atoms with van der Waals surface area (Å²) in [6.07, 6.45) is 6.03. The zero-order chi connectivity index (χ0) is 22.7. The van der Waals surface area contributed by atoms with E-state index in [9.17, 15) is 4.79 Å². The predicted octanol–water partition coefficient (Wildman–Crippen LogP) is 6.29. The highest BCUT2D eigenvalue weighted by molar-refractivity contribution is 6.37. The Bertz CT molecular complexity index is 1220. The third-order valence-corrected chi connectivity index (χ3v) is 5.96. The highest BCUT2D eigenvalue weighted by Crippen LogP contribution is 2.30. The molecular weight excluding hydrogens is 443 g/mol. The third-order valence-electron chi connectivity index (χ3n) is 5.40. The van der Waals surface area contributed by atoms with Crippen molar-refractivity contribution in [3.05, 3.63) is 88.3 Å². The van der Waals surface area contributed by atoms with Gasteiger partial charge in [-0.3, -0.25) is 9.36 Å². The van der Waals surface area contributed by atoms with Crippen molar-refractivity contribution in [2.45, 2.75) is 26.2 Å². The smallest absolute Gasteiger partial charge is 0.253 e. The number of hydrogen-bond acceptors (Lipinski definition) is 3. The fourth-order valence-electron chi connectivity index (χ4n) is 3.95. The van der Waals surface area contributed by atoms with Crippen molar-refractivity contribution in [1.29, 1.82) is 0 Å². The molecule has 0 spiro atoms. The number of aromatic nitrogens is 3. The van der Waals surface area contributed by atoms with Crippen molar-refractivity contribution in [1.82, 2.24) is 19.9 Å². The van der Waals surface area contributed by atoms with Gasteiger partial charge in [-0.05, 0) is 48.2 Å². The molecule has 0 saturated heterocycles. The van der Waals surface area contributed by atoms with Gasteiger partial charge in [-0.1, -0.05) is 55.2 Å². The number of fused-ring (bicyclic) bond motifs is 1. The number of nitrogens with one attached hydrogen (secondary N) is 1. The van der Waals surface area contributed by atoms with Crippen molar-refractivity contribution in [3.63, 3.8) is 0 Å². The lowest BCUT2D eigenvalue weighted by molar-refractivity contribution is 0.0951. The van der Waals surface area contributed by atoms with E-state index in [-0.39, 0.29) is 11.8 Å². The molecule has 0 fully saturated rings. The van der Waals surface area contributed by atoms with E-state index in [2.05, 4.69) is 29.1 Å². The van der Waals surface area contributed by atoms with Gasteiger partial charge in [0.05, 0.1) is 16.1 Å². The molecule has 164 valence electrons. The molecule has 1 amide bonds. The largest absolute Gasteiger partial charge is 0.351 e. The Morgan fingerprint density at radius 3 is 2.44 bits per heavy atom. The molecule has 4 rings (SSSR count). The van der Waals surface area contributed by atoms with Crippen LogP contribution in [0.3, 0.4) is 0 Å². The molecule has 0 radical (unpaired) electrons. The van der Waals surface area contributed by atoms with Crippen LogP contribution in [0.1, 0.15) is 42.1 Å². The van der Waals surface area contributed by atoms with E-state index in [1.165, 1.54) is 0 Å². The van der Waals surface area contributed by atoms with Crippen molar-refractivity contribution in [2.24, 2.45) is 5.92 Å². The molecule has 1 atom stereocenters. The Kier molecular flexibility index (Phi) is 6.77. The van der Waals surface area contributed by atoms with Crippen LogP contribution in [0.2, 0.25) is 10.0 Å². The van der Waals surface area contributed by atoms with Crippen molar-refractivity contribution < 1.29 is 4.79 Å². The summed E-state index contributed by atoms with van der Waals surface area (Å²) in [5, 5.41) is 5.02. The molecule has 0 saturated carbocycles. The molecule has 2 aromatic carbocycles. The number of nitrogens with zero attached hydrogens (tertiary/aromatic N) is 3. The summed E-state index contributed by atoms with van der Waals surface area (Å²) in [6, 6.07) is 15.1. The van der Waals surface area contributed by atoms with E-state index < -0.39 is 0 Å². The van der Waals surface area contributed by atoms with Gasteiger partial charge in [0.15, 0.2) is 0 Å². The molecule has 1 N–H and O–H groups in total. The minimum absolute atomic E-state index is 0.178. The first-order valence-electron chi connectivity index (χ1n) is 10.5. The third kappa shape index (κ3) is 4.79. The van der Waals surface area contributed by atoms with Crippen LogP contribution < -0.4 is 5.32 Å². The highest BCUT2D eigenvalue weighted by Gasteiger charge is 2.21. The van der Waals surface area contributed by atoms with Crippen LogP contribution in [0.4, 0.5) is 0 Å². The number of halogens is 2. The van der Waals surface area contributed by atoms with Crippen LogP contribution in [-0.4, -0.2) is 27.0 Å². The van der Waals surface area contributed by atoms with E-state index in [1.54, 1.807) is 35.3 Å². The van der Waals surface area contributed by atoms with Gasteiger partial charge in [0.25, 0.3) is 5.91 Å². The number of carbonyl (C=O) groups excluding carboxylic acids is 1. The number of rotatable bonds is 7. The second-order valence-electron chi connectivity index (χ2n) is 8.18. The summed E-state index contributed by atoms with van der Waals surface area (Å²) in [4.78, 5) is 21.9. The van der Waals surface area contributed by atoms with Crippen LogP contribution in [0.25, 0.3) is 16.9 Å². The van der Waals surface area contributed by atoms with Gasteiger partial charge < -0.3 is 5.32 Å². The van der Waals surface area contributed by atoms with Gasteiger partial charge in [-0.15, -0.1) is 0 Å². The molecular formula is C25H24Cl2N4O. The lowest BCUT2D eigenvalue weighted by Gasteiger charge is -2.20. The summed E-state index contributed by atoms with van der Waals surface area (Å²) in [5.41, 5.74) is 2.43. The predicted molar refractivity (Wildman–Crippen MR) is 130 cm³/mol.